The molecule has 0 spiro atoms. The van der Waals surface area contributed by atoms with Crippen LogP contribution in [0.2, 0.25) is 5.02 Å². The van der Waals surface area contributed by atoms with Crippen molar-refractivity contribution >= 4 is 41.0 Å². The molecule has 0 radical (unpaired) electrons. The van der Waals surface area contributed by atoms with Crippen LogP contribution >= 0.6 is 23.4 Å². The maximum absolute atomic E-state index is 13.4. The molecule has 0 aliphatic carbocycles. The van der Waals surface area contributed by atoms with E-state index in [1.807, 2.05) is 54.6 Å². The fraction of sp³-hybridized carbons (Fsp3) is 0.200. The molecule has 0 saturated carbocycles. The number of carbonyl (C=O) groups is 2. The number of thioether (sulfide) groups is 1. The first-order chi connectivity index (χ1) is 16.1. The number of carbonyl (C=O) groups excluding carboxylic acids is 2. The predicted octanol–water partition coefficient (Wildman–Crippen LogP) is 5.31. The number of methoxy groups -OCH3 is 1. The number of benzene rings is 3. The molecule has 33 heavy (non-hydrogen) atoms. The van der Waals surface area contributed by atoms with Crippen LogP contribution in [0.25, 0.3) is 0 Å². The summed E-state index contributed by atoms with van der Waals surface area (Å²) in [5.74, 6) is 0.842. The minimum atomic E-state index is -0.623. The van der Waals surface area contributed by atoms with Crippen molar-refractivity contribution in [1.82, 2.24) is 10.2 Å². The highest BCUT2D eigenvalue weighted by Gasteiger charge is 2.42. The monoisotopic (exact) mass is 481 g/mol. The fourth-order valence-corrected chi connectivity index (χ4v) is 5.22. The van der Waals surface area contributed by atoms with Gasteiger partial charge < -0.3 is 15.4 Å². The minimum absolute atomic E-state index is 0.203. The van der Waals surface area contributed by atoms with E-state index < -0.39 is 6.04 Å². The van der Waals surface area contributed by atoms with E-state index >= 15 is 0 Å². The van der Waals surface area contributed by atoms with Gasteiger partial charge in [-0.3, -0.25) is 9.69 Å². The molecule has 3 aromatic rings. The van der Waals surface area contributed by atoms with Crippen LogP contribution in [0.5, 0.6) is 5.75 Å². The first kappa shape index (κ1) is 23.0. The Morgan fingerprint density at radius 2 is 1.73 bits per heavy atom. The lowest BCUT2D eigenvalue weighted by Gasteiger charge is -2.29. The van der Waals surface area contributed by atoms with E-state index in [9.17, 15) is 9.59 Å². The highest BCUT2D eigenvalue weighted by molar-refractivity contribution is 7.99. The van der Waals surface area contributed by atoms with Gasteiger partial charge in [0.1, 0.15) is 17.2 Å². The van der Waals surface area contributed by atoms with Crippen molar-refractivity contribution < 1.29 is 14.3 Å². The molecule has 170 valence electrons. The van der Waals surface area contributed by atoms with Crippen molar-refractivity contribution in [1.29, 1.82) is 0 Å². The Hall–Kier alpha value is -3.16. The molecule has 0 bridgehead atoms. The summed E-state index contributed by atoms with van der Waals surface area (Å²) in [5.41, 5.74) is 2.45. The molecule has 2 atom stereocenters. The van der Waals surface area contributed by atoms with Gasteiger partial charge in [0.05, 0.1) is 12.8 Å². The lowest BCUT2D eigenvalue weighted by molar-refractivity contribution is -0.124. The number of halogens is 1. The highest BCUT2D eigenvalue weighted by atomic mass is 35.5. The van der Waals surface area contributed by atoms with Gasteiger partial charge in [-0.05, 0) is 35.4 Å². The van der Waals surface area contributed by atoms with Crippen molar-refractivity contribution in [3.63, 3.8) is 0 Å². The maximum Gasteiger partial charge on any atom is 0.323 e. The van der Waals surface area contributed by atoms with Gasteiger partial charge in [-0.2, -0.15) is 0 Å². The fourth-order valence-electron chi connectivity index (χ4n) is 3.67. The third-order valence-electron chi connectivity index (χ3n) is 5.35. The van der Waals surface area contributed by atoms with E-state index in [0.717, 1.165) is 11.1 Å². The summed E-state index contributed by atoms with van der Waals surface area (Å²) in [6, 6.07) is 23.2. The lowest BCUT2D eigenvalue weighted by atomic mass is 10.1. The predicted molar refractivity (Wildman–Crippen MR) is 133 cm³/mol. The number of nitrogens with zero attached hydrogens (tertiary/aromatic N) is 1. The number of nitrogens with one attached hydrogen (secondary N) is 2. The molecule has 1 saturated heterocycles. The molecule has 1 fully saturated rings. The number of rotatable bonds is 6. The van der Waals surface area contributed by atoms with Gasteiger partial charge in [-0.15, -0.1) is 11.8 Å². The molecule has 3 amide bonds. The van der Waals surface area contributed by atoms with Crippen LogP contribution in [0.15, 0.2) is 78.9 Å². The van der Waals surface area contributed by atoms with Crippen LogP contribution < -0.4 is 15.4 Å². The number of ether oxygens (including phenoxy) is 1. The van der Waals surface area contributed by atoms with Crippen LogP contribution in [-0.4, -0.2) is 35.7 Å². The molecule has 2 N–H and O–H groups in total. The second-order valence-electron chi connectivity index (χ2n) is 7.49. The normalized spacial score (nSPS) is 17.5. The zero-order chi connectivity index (χ0) is 23.2. The number of hydrogen-bond acceptors (Lipinski definition) is 4. The van der Waals surface area contributed by atoms with E-state index in [2.05, 4.69) is 10.6 Å². The summed E-state index contributed by atoms with van der Waals surface area (Å²) in [4.78, 5) is 28.2. The second-order valence-corrected chi connectivity index (χ2v) is 9.04. The molecule has 4 rings (SSSR count). The number of anilines is 1. The Bertz CT molecular complexity index is 1110. The average Bonchev–Trinajstić information content (AvgIpc) is 3.30. The second kappa shape index (κ2) is 10.6. The van der Waals surface area contributed by atoms with Crippen molar-refractivity contribution in [2.24, 2.45) is 0 Å². The highest BCUT2D eigenvalue weighted by Crippen LogP contribution is 2.42. The van der Waals surface area contributed by atoms with Gasteiger partial charge in [0.2, 0.25) is 5.91 Å². The third-order valence-corrected chi connectivity index (χ3v) is 6.93. The summed E-state index contributed by atoms with van der Waals surface area (Å²) in [6.07, 6.45) is 0. The number of hydrogen-bond donors (Lipinski definition) is 2. The Balaban J connectivity index is 1.55. The van der Waals surface area contributed by atoms with Gasteiger partial charge in [0.15, 0.2) is 0 Å². The van der Waals surface area contributed by atoms with Crippen molar-refractivity contribution in [3.8, 4) is 5.75 Å². The number of amides is 3. The van der Waals surface area contributed by atoms with E-state index in [4.69, 9.17) is 16.3 Å². The Morgan fingerprint density at radius 1 is 1.03 bits per heavy atom. The van der Waals surface area contributed by atoms with Gasteiger partial charge in [0, 0.05) is 17.3 Å². The van der Waals surface area contributed by atoms with Crippen LogP contribution in [0.3, 0.4) is 0 Å². The standard InChI is InChI=1S/C25H24ClN3O3S/c1-32-22-10-6-5-9-20(22)28-25(31)29-21(16-33-24(29)18-7-3-2-4-8-18)23(30)27-15-17-11-13-19(26)14-12-17/h2-14,21,24H,15-16H2,1H3,(H,27,30)(H,28,31)/t21-,24-/m1/s1. The van der Waals surface area contributed by atoms with Crippen LogP contribution in [0, 0.1) is 0 Å². The smallest absolute Gasteiger partial charge is 0.323 e. The molecule has 8 heteroatoms. The molecule has 1 heterocycles. The average molecular weight is 482 g/mol. The molecule has 3 aromatic carbocycles. The first-order valence-corrected chi connectivity index (χ1v) is 11.9. The Morgan fingerprint density at radius 3 is 2.45 bits per heavy atom. The maximum atomic E-state index is 13.4. The number of urea groups is 1. The summed E-state index contributed by atoms with van der Waals surface area (Å²) in [6.45, 7) is 0.356. The summed E-state index contributed by atoms with van der Waals surface area (Å²) in [5, 5.41) is 6.24. The molecule has 6 nitrogen and oxygen atoms in total. The minimum Gasteiger partial charge on any atom is -0.495 e. The van der Waals surface area contributed by atoms with Crippen LogP contribution in [0.4, 0.5) is 10.5 Å². The molecular weight excluding hydrogens is 458 g/mol. The van der Waals surface area contributed by atoms with E-state index in [-0.39, 0.29) is 17.3 Å². The van der Waals surface area contributed by atoms with Gasteiger partial charge >= 0.3 is 6.03 Å². The van der Waals surface area contributed by atoms with E-state index in [1.165, 1.54) is 0 Å². The molecule has 0 unspecified atom stereocenters. The topological polar surface area (TPSA) is 70.7 Å². The van der Waals surface area contributed by atoms with Gasteiger partial charge in [-0.1, -0.05) is 66.2 Å². The third kappa shape index (κ3) is 5.43. The lowest BCUT2D eigenvalue weighted by Crippen LogP contribution is -2.49. The van der Waals surface area contributed by atoms with E-state index in [0.29, 0.717) is 28.8 Å². The summed E-state index contributed by atoms with van der Waals surface area (Å²) >= 11 is 7.51. The van der Waals surface area contributed by atoms with Crippen molar-refractivity contribution in [2.45, 2.75) is 18.0 Å². The van der Waals surface area contributed by atoms with Crippen molar-refractivity contribution in [2.75, 3.05) is 18.2 Å². The largest absolute Gasteiger partial charge is 0.495 e. The zero-order valence-corrected chi connectivity index (χ0v) is 19.6. The quantitative estimate of drug-likeness (QED) is 0.500. The van der Waals surface area contributed by atoms with Gasteiger partial charge in [0.25, 0.3) is 0 Å². The summed E-state index contributed by atoms with van der Waals surface area (Å²) in [7, 11) is 1.55. The first-order valence-electron chi connectivity index (χ1n) is 10.5. The SMILES string of the molecule is COc1ccccc1NC(=O)N1[C@@H](C(=O)NCc2ccc(Cl)cc2)CS[C@@H]1c1ccccc1. The van der Waals surface area contributed by atoms with Crippen molar-refractivity contribution in [3.05, 3.63) is 95.0 Å². The summed E-state index contributed by atoms with van der Waals surface area (Å²) < 4.78 is 5.36. The molecule has 1 aliphatic rings. The Kier molecular flexibility index (Phi) is 7.42. The van der Waals surface area contributed by atoms with Crippen LogP contribution in [-0.2, 0) is 11.3 Å². The van der Waals surface area contributed by atoms with Crippen LogP contribution in [0.1, 0.15) is 16.5 Å². The zero-order valence-electron chi connectivity index (χ0n) is 18.0. The van der Waals surface area contributed by atoms with E-state index in [1.54, 1.807) is 48.0 Å². The molecule has 1 aliphatic heterocycles. The Labute approximate surface area is 202 Å². The molecule has 0 aromatic heterocycles. The van der Waals surface area contributed by atoms with Gasteiger partial charge in [-0.25, -0.2) is 4.79 Å². The molecular formula is C25H24ClN3O3S. The number of para-hydroxylation sites is 2.